The summed E-state index contributed by atoms with van der Waals surface area (Å²) < 4.78 is 18.4. The summed E-state index contributed by atoms with van der Waals surface area (Å²) in [5.74, 6) is -0.508. The first-order chi connectivity index (χ1) is 11.2. The fourth-order valence-electron chi connectivity index (χ4n) is 1.94. The van der Waals surface area contributed by atoms with Gasteiger partial charge in [0.2, 0.25) is 5.95 Å². The molecule has 4 nitrogen and oxygen atoms in total. The van der Waals surface area contributed by atoms with E-state index in [4.69, 9.17) is 4.74 Å². The molecular weight excluding hydrogens is 307 g/mol. The highest BCUT2D eigenvalue weighted by atomic mass is 19.1. The van der Waals surface area contributed by atoms with Gasteiger partial charge in [0, 0.05) is 12.7 Å². The van der Waals surface area contributed by atoms with Crippen LogP contribution in [0.25, 0.3) is 12.2 Å². The van der Waals surface area contributed by atoms with Gasteiger partial charge in [-0.05, 0) is 56.7 Å². The van der Waals surface area contributed by atoms with E-state index < -0.39 is 17.6 Å². The van der Waals surface area contributed by atoms with Crippen molar-refractivity contribution in [3.63, 3.8) is 0 Å². The van der Waals surface area contributed by atoms with Crippen molar-refractivity contribution >= 4 is 23.9 Å². The van der Waals surface area contributed by atoms with Crippen LogP contribution in [-0.2, 0) is 4.74 Å². The molecule has 0 N–H and O–H groups in total. The number of aromatic nitrogens is 1. The third-order valence-corrected chi connectivity index (χ3v) is 3.13. The number of halogens is 1. The monoisotopic (exact) mass is 328 g/mol. The minimum atomic E-state index is -0.536. The van der Waals surface area contributed by atoms with Crippen molar-refractivity contribution in [2.45, 2.75) is 26.4 Å². The van der Waals surface area contributed by atoms with Crippen LogP contribution in [0.2, 0.25) is 0 Å². The number of anilines is 1. The van der Waals surface area contributed by atoms with Gasteiger partial charge in [-0.1, -0.05) is 24.3 Å². The number of rotatable bonds is 3. The molecule has 0 fully saturated rings. The fraction of sp³-hybridized carbons (Fsp3) is 0.263. The first-order valence-corrected chi connectivity index (χ1v) is 7.62. The molecule has 0 aliphatic heterocycles. The molecule has 2 rings (SSSR count). The summed E-state index contributed by atoms with van der Waals surface area (Å²) in [6, 6.07) is 12.0. The zero-order valence-corrected chi connectivity index (χ0v) is 14.3. The highest BCUT2D eigenvalue weighted by Crippen LogP contribution is 2.18. The highest BCUT2D eigenvalue weighted by molar-refractivity contribution is 5.87. The van der Waals surface area contributed by atoms with Crippen molar-refractivity contribution in [1.82, 2.24) is 4.98 Å². The Hall–Kier alpha value is -2.69. The zero-order chi connectivity index (χ0) is 17.7. The van der Waals surface area contributed by atoms with Gasteiger partial charge in [-0.25, -0.2) is 9.78 Å². The molecule has 1 heterocycles. The summed E-state index contributed by atoms with van der Waals surface area (Å²) in [6.07, 6.45) is 3.16. The van der Waals surface area contributed by atoms with Crippen molar-refractivity contribution in [1.29, 1.82) is 0 Å². The van der Waals surface area contributed by atoms with E-state index in [2.05, 4.69) is 4.98 Å². The van der Waals surface area contributed by atoms with Gasteiger partial charge in [0.25, 0.3) is 0 Å². The number of hydrogen-bond donors (Lipinski definition) is 0. The average Bonchev–Trinajstić information content (AvgIpc) is 2.51. The van der Waals surface area contributed by atoms with Crippen molar-refractivity contribution in [3.8, 4) is 0 Å². The summed E-state index contributed by atoms with van der Waals surface area (Å²) in [5, 5.41) is 0. The van der Waals surface area contributed by atoms with E-state index in [0.29, 0.717) is 5.69 Å². The van der Waals surface area contributed by atoms with Crippen LogP contribution in [0, 0.1) is 5.95 Å². The number of pyridine rings is 1. The minimum absolute atomic E-state index is 0.408. The van der Waals surface area contributed by atoms with Crippen LogP contribution in [-0.4, -0.2) is 23.7 Å². The lowest BCUT2D eigenvalue weighted by Gasteiger charge is -2.24. The molecular formula is C19H21FN2O2. The highest BCUT2D eigenvalue weighted by Gasteiger charge is 2.20. The molecule has 0 spiro atoms. The Kier molecular flexibility index (Phi) is 5.34. The van der Waals surface area contributed by atoms with Crippen LogP contribution in [0.5, 0.6) is 0 Å². The number of ether oxygens (including phenoxy) is 1. The van der Waals surface area contributed by atoms with E-state index in [0.717, 1.165) is 11.3 Å². The number of amides is 1. The first-order valence-electron chi connectivity index (χ1n) is 7.62. The number of carbonyl (C=O) groups excluding carboxylic acids is 1. The molecule has 1 aromatic carbocycles. The summed E-state index contributed by atoms with van der Waals surface area (Å²) in [7, 11) is 1.66. The normalized spacial score (nSPS) is 11.5. The number of nitrogens with zero attached hydrogens (tertiary/aromatic N) is 2. The molecule has 0 radical (unpaired) electrons. The second-order valence-corrected chi connectivity index (χ2v) is 6.35. The van der Waals surface area contributed by atoms with Crippen molar-refractivity contribution in [2.24, 2.45) is 0 Å². The maximum absolute atomic E-state index is 13.0. The molecule has 0 saturated heterocycles. The van der Waals surface area contributed by atoms with Crippen molar-refractivity contribution in [3.05, 3.63) is 59.7 Å². The van der Waals surface area contributed by atoms with Crippen molar-refractivity contribution in [2.75, 3.05) is 11.9 Å². The van der Waals surface area contributed by atoms with E-state index in [1.165, 1.54) is 11.0 Å². The van der Waals surface area contributed by atoms with Crippen LogP contribution in [0.1, 0.15) is 32.0 Å². The van der Waals surface area contributed by atoms with Gasteiger partial charge in [-0.2, -0.15) is 4.39 Å². The van der Waals surface area contributed by atoms with Crippen LogP contribution in [0.4, 0.5) is 14.9 Å². The lowest BCUT2D eigenvalue weighted by atomic mass is 10.1. The van der Waals surface area contributed by atoms with Crippen LogP contribution in [0.15, 0.2) is 42.5 Å². The number of hydrogen-bond acceptors (Lipinski definition) is 3. The summed E-state index contributed by atoms with van der Waals surface area (Å²) in [6.45, 7) is 5.48. The van der Waals surface area contributed by atoms with Crippen LogP contribution < -0.4 is 4.90 Å². The molecule has 0 aliphatic rings. The molecule has 5 heteroatoms. The van der Waals surface area contributed by atoms with Crippen LogP contribution in [0.3, 0.4) is 0 Å². The van der Waals surface area contributed by atoms with Gasteiger partial charge < -0.3 is 4.74 Å². The smallest absolute Gasteiger partial charge is 0.414 e. The second-order valence-electron chi connectivity index (χ2n) is 6.35. The zero-order valence-electron chi connectivity index (χ0n) is 14.3. The molecule has 1 aromatic heterocycles. The second kappa shape index (κ2) is 7.25. The van der Waals surface area contributed by atoms with E-state index in [9.17, 15) is 9.18 Å². The van der Waals surface area contributed by atoms with E-state index >= 15 is 0 Å². The van der Waals surface area contributed by atoms with Crippen molar-refractivity contribution < 1.29 is 13.9 Å². The fourth-order valence-corrected chi connectivity index (χ4v) is 1.94. The molecule has 0 aliphatic carbocycles. The Morgan fingerprint density at radius 3 is 2.38 bits per heavy atom. The average molecular weight is 328 g/mol. The van der Waals surface area contributed by atoms with Crippen LogP contribution >= 0.6 is 0 Å². The summed E-state index contributed by atoms with van der Waals surface area (Å²) >= 11 is 0. The predicted octanol–water partition coefficient (Wildman–Crippen LogP) is 4.76. The quantitative estimate of drug-likeness (QED) is 0.763. The maximum Gasteiger partial charge on any atom is 0.414 e. The molecule has 0 saturated carbocycles. The molecule has 0 atom stereocenters. The molecule has 0 bridgehead atoms. The molecule has 1 amide bonds. The Morgan fingerprint density at radius 2 is 1.79 bits per heavy atom. The minimum Gasteiger partial charge on any atom is -0.443 e. The standard InChI is InChI=1S/C19H21FN2O2/c1-19(2,3)24-18(23)22(4)16-12-9-14(10-13-16)8-11-15-6-5-7-17(20)21-15/h5-13H,1-4H3/b11-8+. The third kappa shape index (κ3) is 5.19. The van der Waals surface area contributed by atoms with Gasteiger partial charge >= 0.3 is 6.09 Å². The Morgan fingerprint density at radius 1 is 1.12 bits per heavy atom. The van der Waals surface area contributed by atoms with Gasteiger partial charge in [-0.15, -0.1) is 0 Å². The molecule has 0 unspecified atom stereocenters. The molecule has 126 valence electrons. The number of benzene rings is 1. The van der Waals surface area contributed by atoms with E-state index in [1.54, 1.807) is 25.3 Å². The van der Waals surface area contributed by atoms with Gasteiger partial charge in [0.15, 0.2) is 0 Å². The predicted molar refractivity (Wildman–Crippen MR) is 94.2 cm³/mol. The SMILES string of the molecule is CN(C(=O)OC(C)(C)C)c1ccc(/C=C/c2cccc(F)n2)cc1. The van der Waals surface area contributed by atoms with E-state index in [1.807, 2.05) is 51.1 Å². The molecule has 2 aromatic rings. The van der Waals surface area contributed by atoms with Gasteiger partial charge in [0.05, 0.1) is 5.69 Å². The third-order valence-electron chi connectivity index (χ3n) is 3.13. The van der Waals surface area contributed by atoms with E-state index in [-0.39, 0.29) is 0 Å². The Bertz CT molecular complexity index is 734. The lowest BCUT2D eigenvalue weighted by Crippen LogP contribution is -2.34. The van der Waals surface area contributed by atoms with Gasteiger partial charge in [0.1, 0.15) is 5.60 Å². The largest absolute Gasteiger partial charge is 0.443 e. The Labute approximate surface area is 141 Å². The first kappa shape index (κ1) is 17.7. The molecule has 24 heavy (non-hydrogen) atoms. The maximum atomic E-state index is 13.0. The lowest BCUT2D eigenvalue weighted by molar-refractivity contribution is 0.0589. The Balaban J connectivity index is 2.06. The summed E-state index contributed by atoms with van der Waals surface area (Å²) in [5.41, 5.74) is 1.66. The summed E-state index contributed by atoms with van der Waals surface area (Å²) in [4.78, 5) is 17.3. The topological polar surface area (TPSA) is 42.4 Å². The van der Waals surface area contributed by atoms with Gasteiger partial charge in [-0.3, -0.25) is 4.90 Å². The number of carbonyl (C=O) groups is 1.